The molecule has 2 N–H and O–H groups in total. The Balaban J connectivity index is 2.44. The SMILES string of the molecule is CC(O)c1cccc(SCC(=O)NCC(F)(F)F)c1. The zero-order valence-corrected chi connectivity index (χ0v) is 11.0. The molecule has 0 aliphatic heterocycles. The van der Waals surface area contributed by atoms with E-state index in [4.69, 9.17) is 0 Å². The summed E-state index contributed by atoms with van der Waals surface area (Å²) in [6, 6.07) is 6.89. The van der Waals surface area contributed by atoms with Crippen LogP contribution in [0.5, 0.6) is 0 Å². The average molecular weight is 293 g/mol. The number of thioether (sulfide) groups is 1. The lowest BCUT2D eigenvalue weighted by molar-refractivity contribution is -0.136. The molecule has 0 saturated heterocycles. The highest BCUT2D eigenvalue weighted by Crippen LogP contribution is 2.22. The highest BCUT2D eigenvalue weighted by atomic mass is 32.2. The fraction of sp³-hybridized carbons (Fsp3) is 0.417. The van der Waals surface area contributed by atoms with Gasteiger partial charge in [-0.15, -0.1) is 11.8 Å². The molecule has 1 aromatic carbocycles. The second kappa shape index (κ2) is 6.81. The minimum atomic E-state index is -4.40. The number of carbonyl (C=O) groups excluding carboxylic acids is 1. The van der Waals surface area contributed by atoms with E-state index in [1.807, 2.05) is 0 Å². The molecule has 0 heterocycles. The lowest BCUT2D eigenvalue weighted by Gasteiger charge is -2.09. The summed E-state index contributed by atoms with van der Waals surface area (Å²) in [7, 11) is 0. The number of amides is 1. The summed E-state index contributed by atoms with van der Waals surface area (Å²) in [6.45, 7) is 0.292. The summed E-state index contributed by atoms with van der Waals surface area (Å²) in [5.41, 5.74) is 0.695. The third kappa shape index (κ3) is 6.49. The number of hydrogen-bond acceptors (Lipinski definition) is 3. The van der Waals surface area contributed by atoms with E-state index in [0.29, 0.717) is 5.56 Å². The summed E-state index contributed by atoms with van der Waals surface area (Å²) in [6.07, 6.45) is -5.02. The summed E-state index contributed by atoms with van der Waals surface area (Å²) >= 11 is 1.12. The summed E-state index contributed by atoms with van der Waals surface area (Å²) in [5, 5.41) is 11.2. The van der Waals surface area contributed by atoms with Crippen molar-refractivity contribution in [1.29, 1.82) is 0 Å². The van der Waals surface area contributed by atoms with Gasteiger partial charge in [0.05, 0.1) is 11.9 Å². The lowest BCUT2D eigenvalue weighted by Crippen LogP contribution is -2.34. The molecule has 0 radical (unpaired) electrons. The van der Waals surface area contributed by atoms with E-state index in [0.717, 1.165) is 16.7 Å². The first-order chi connectivity index (χ1) is 8.78. The molecular weight excluding hydrogens is 279 g/mol. The third-order valence-electron chi connectivity index (χ3n) is 2.20. The van der Waals surface area contributed by atoms with Gasteiger partial charge in [-0.3, -0.25) is 4.79 Å². The number of nitrogens with one attached hydrogen (secondary N) is 1. The smallest absolute Gasteiger partial charge is 0.389 e. The fourth-order valence-electron chi connectivity index (χ4n) is 1.26. The first kappa shape index (κ1) is 15.8. The van der Waals surface area contributed by atoms with Gasteiger partial charge in [-0.05, 0) is 24.6 Å². The maximum absolute atomic E-state index is 11.9. The molecule has 0 saturated carbocycles. The van der Waals surface area contributed by atoms with Gasteiger partial charge in [-0.25, -0.2) is 0 Å². The molecule has 0 fully saturated rings. The number of aliphatic hydroxyl groups is 1. The second-order valence-electron chi connectivity index (χ2n) is 3.93. The largest absolute Gasteiger partial charge is 0.405 e. The van der Waals surface area contributed by atoms with E-state index >= 15 is 0 Å². The number of carbonyl (C=O) groups is 1. The first-order valence-corrected chi connectivity index (χ1v) is 6.51. The maximum atomic E-state index is 11.9. The van der Waals surface area contributed by atoms with Gasteiger partial charge in [0.15, 0.2) is 0 Å². The monoisotopic (exact) mass is 293 g/mol. The van der Waals surface area contributed by atoms with Gasteiger partial charge in [0, 0.05) is 4.90 Å². The van der Waals surface area contributed by atoms with Crippen LogP contribution in [0.25, 0.3) is 0 Å². The molecule has 106 valence electrons. The van der Waals surface area contributed by atoms with Crippen molar-refractivity contribution in [2.75, 3.05) is 12.3 Å². The predicted octanol–water partition coefficient (Wildman–Crippen LogP) is 2.51. The van der Waals surface area contributed by atoms with Crippen molar-refractivity contribution in [3.8, 4) is 0 Å². The van der Waals surface area contributed by atoms with E-state index in [2.05, 4.69) is 0 Å². The fourth-order valence-corrected chi connectivity index (χ4v) is 2.06. The lowest BCUT2D eigenvalue weighted by atomic mass is 10.1. The van der Waals surface area contributed by atoms with Crippen LogP contribution in [-0.4, -0.2) is 29.5 Å². The number of halogens is 3. The van der Waals surface area contributed by atoms with Crippen molar-refractivity contribution in [1.82, 2.24) is 5.32 Å². The number of aliphatic hydroxyl groups excluding tert-OH is 1. The van der Waals surface area contributed by atoms with Gasteiger partial charge in [0.25, 0.3) is 0 Å². The molecule has 1 rings (SSSR count). The molecule has 7 heteroatoms. The summed E-state index contributed by atoms with van der Waals surface area (Å²) in [4.78, 5) is 11.9. The van der Waals surface area contributed by atoms with Crippen molar-refractivity contribution in [3.05, 3.63) is 29.8 Å². The molecule has 1 amide bonds. The summed E-state index contributed by atoms with van der Waals surface area (Å²) in [5.74, 6) is -0.774. The van der Waals surface area contributed by atoms with Gasteiger partial charge >= 0.3 is 6.18 Å². The second-order valence-corrected chi connectivity index (χ2v) is 4.98. The number of rotatable bonds is 5. The van der Waals surface area contributed by atoms with Crippen molar-refractivity contribution in [3.63, 3.8) is 0 Å². The van der Waals surface area contributed by atoms with E-state index in [1.165, 1.54) is 0 Å². The molecule has 1 atom stereocenters. The normalized spacial score (nSPS) is 13.1. The van der Waals surface area contributed by atoms with Gasteiger partial charge in [0.1, 0.15) is 6.54 Å². The number of hydrogen-bond donors (Lipinski definition) is 2. The van der Waals surface area contributed by atoms with Crippen LogP contribution in [0.2, 0.25) is 0 Å². The van der Waals surface area contributed by atoms with Crippen LogP contribution >= 0.6 is 11.8 Å². The van der Waals surface area contributed by atoms with Crippen LogP contribution in [0.4, 0.5) is 13.2 Å². The Morgan fingerprint density at radius 2 is 2.16 bits per heavy atom. The zero-order valence-electron chi connectivity index (χ0n) is 10.2. The van der Waals surface area contributed by atoms with E-state index in [9.17, 15) is 23.1 Å². The molecule has 0 spiro atoms. The molecule has 0 bridgehead atoms. The Hall–Kier alpha value is -1.21. The Bertz CT molecular complexity index is 435. The molecule has 1 aromatic rings. The first-order valence-electron chi connectivity index (χ1n) is 5.52. The van der Waals surface area contributed by atoms with Crippen LogP contribution in [0.1, 0.15) is 18.6 Å². The van der Waals surface area contributed by atoms with Crippen LogP contribution < -0.4 is 5.32 Å². The van der Waals surface area contributed by atoms with E-state index in [-0.39, 0.29) is 5.75 Å². The van der Waals surface area contributed by atoms with Crippen molar-refractivity contribution >= 4 is 17.7 Å². The highest BCUT2D eigenvalue weighted by molar-refractivity contribution is 8.00. The number of alkyl halides is 3. The van der Waals surface area contributed by atoms with Crippen LogP contribution in [0, 0.1) is 0 Å². The Morgan fingerprint density at radius 1 is 1.47 bits per heavy atom. The molecule has 0 aliphatic carbocycles. The molecule has 3 nitrogen and oxygen atoms in total. The van der Waals surface area contributed by atoms with Crippen LogP contribution in [0.15, 0.2) is 29.2 Å². The Kier molecular flexibility index (Phi) is 5.68. The van der Waals surface area contributed by atoms with E-state index < -0.39 is 24.7 Å². The van der Waals surface area contributed by atoms with E-state index in [1.54, 1.807) is 36.5 Å². The van der Waals surface area contributed by atoms with Gasteiger partial charge in [-0.1, -0.05) is 12.1 Å². The topological polar surface area (TPSA) is 49.3 Å². The maximum Gasteiger partial charge on any atom is 0.405 e. The molecular formula is C12H14F3NO2S. The minimum Gasteiger partial charge on any atom is -0.389 e. The van der Waals surface area contributed by atoms with Crippen molar-refractivity contribution in [2.45, 2.75) is 24.1 Å². The Morgan fingerprint density at radius 3 is 2.74 bits per heavy atom. The van der Waals surface area contributed by atoms with Gasteiger partial charge in [0.2, 0.25) is 5.91 Å². The minimum absolute atomic E-state index is 0.0979. The molecule has 19 heavy (non-hydrogen) atoms. The predicted molar refractivity (Wildman–Crippen MR) is 66.9 cm³/mol. The van der Waals surface area contributed by atoms with Crippen LogP contribution in [0.3, 0.4) is 0 Å². The average Bonchev–Trinajstić information content (AvgIpc) is 2.33. The van der Waals surface area contributed by atoms with Crippen LogP contribution in [-0.2, 0) is 4.79 Å². The molecule has 1 unspecified atom stereocenters. The van der Waals surface area contributed by atoms with Crippen molar-refractivity contribution < 1.29 is 23.1 Å². The molecule has 0 aromatic heterocycles. The number of benzene rings is 1. The van der Waals surface area contributed by atoms with Crippen molar-refractivity contribution in [2.24, 2.45) is 0 Å². The standard InChI is InChI=1S/C12H14F3NO2S/c1-8(17)9-3-2-4-10(5-9)19-6-11(18)16-7-12(13,14)15/h2-5,8,17H,6-7H2,1H3,(H,16,18). The highest BCUT2D eigenvalue weighted by Gasteiger charge is 2.27. The zero-order chi connectivity index (χ0) is 14.5. The Labute approximate surface area is 113 Å². The summed E-state index contributed by atoms with van der Waals surface area (Å²) < 4.78 is 35.6. The quantitative estimate of drug-likeness (QED) is 0.820. The van der Waals surface area contributed by atoms with Gasteiger partial charge < -0.3 is 10.4 Å². The molecule has 0 aliphatic rings. The third-order valence-corrected chi connectivity index (χ3v) is 3.19. The van der Waals surface area contributed by atoms with Gasteiger partial charge in [-0.2, -0.15) is 13.2 Å².